The van der Waals surface area contributed by atoms with Crippen molar-refractivity contribution in [3.63, 3.8) is 0 Å². The molecule has 8 heavy (non-hydrogen) atoms. The van der Waals surface area contributed by atoms with Crippen molar-refractivity contribution in [1.82, 2.24) is 0 Å². The van der Waals surface area contributed by atoms with Crippen LogP contribution in [0.25, 0.3) is 0 Å². The Bertz CT molecular complexity index is 73.7. The molecular formula is C4H9NaO3. The molecule has 1 atom stereocenters. The van der Waals surface area contributed by atoms with Crippen LogP contribution in [0.2, 0.25) is 0 Å². The first-order valence-electron chi connectivity index (χ1n) is 2.09. The van der Waals surface area contributed by atoms with Gasteiger partial charge in [-0.2, -0.15) is 0 Å². The minimum atomic E-state index is -1.18. The summed E-state index contributed by atoms with van der Waals surface area (Å²) in [7, 11) is 0. The van der Waals surface area contributed by atoms with Gasteiger partial charge in [-0.25, -0.2) is 4.79 Å². The number of aliphatic hydroxyl groups excluding tert-OH is 1. The van der Waals surface area contributed by atoms with Gasteiger partial charge in [-0.3, -0.25) is 0 Å². The number of carboxylic acids is 1. The number of carboxylic acid groups (broad SMARTS) is 1. The first kappa shape index (κ1) is 11.3. The Morgan fingerprint density at radius 2 is 2.12 bits per heavy atom. The summed E-state index contributed by atoms with van der Waals surface area (Å²) < 4.78 is 0. The molecule has 0 radical (unpaired) electrons. The van der Waals surface area contributed by atoms with Crippen LogP contribution in [-0.4, -0.2) is 51.8 Å². The summed E-state index contributed by atoms with van der Waals surface area (Å²) >= 11 is 0. The van der Waals surface area contributed by atoms with Crippen LogP contribution >= 0.6 is 0 Å². The molecule has 3 nitrogen and oxygen atoms in total. The van der Waals surface area contributed by atoms with Crippen molar-refractivity contribution in [3.05, 3.63) is 0 Å². The minimum absolute atomic E-state index is 0. The Hall–Kier alpha value is 0.430. The topological polar surface area (TPSA) is 57.5 Å². The van der Waals surface area contributed by atoms with Gasteiger partial charge < -0.3 is 10.2 Å². The van der Waals surface area contributed by atoms with E-state index in [1.54, 1.807) is 6.92 Å². The van der Waals surface area contributed by atoms with E-state index in [4.69, 9.17) is 10.2 Å². The van der Waals surface area contributed by atoms with Crippen LogP contribution in [0.3, 0.4) is 0 Å². The molecule has 0 amide bonds. The van der Waals surface area contributed by atoms with Crippen molar-refractivity contribution in [2.24, 2.45) is 0 Å². The van der Waals surface area contributed by atoms with Crippen LogP contribution < -0.4 is 0 Å². The molecule has 4 heteroatoms. The van der Waals surface area contributed by atoms with E-state index in [2.05, 4.69) is 0 Å². The van der Waals surface area contributed by atoms with Crippen LogP contribution in [0.4, 0.5) is 0 Å². The third-order valence-electron chi connectivity index (χ3n) is 0.672. The monoisotopic (exact) mass is 128 g/mol. The molecule has 0 aliphatic rings. The summed E-state index contributed by atoms with van der Waals surface area (Å²) in [5.41, 5.74) is 0. The number of rotatable bonds is 2. The molecular weight excluding hydrogens is 119 g/mol. The van der Waals surface area contributed by atoms with Gasteiger partial charge >= 0.3 is 35.5 Å². The second-order valence-corrected chi connectivity index (χ2v) is 1.26. The Morgan fingerprint density at radius 3 is 2.12 bits per heavy atom. The first-order valence-corrected chi connectivity index (χ1v) is 2.09. The first-order chi connectivity index (χ1) is 3.18. The zero-order valence-electron chi connectivity index (χ0n) is 4.09. The van der Waals surface area contributed by atoms with Crippen molar-refractivity contribution in [2.75, 3.05) is 0 Å². The summed E-state index contributed by atoms with van der Waals surface area (Å²) in [5, 5.41) is 16.3. The average molecular weight is 128 g/mol. The molecule has 0 heterocycles. The van der Waals surface area contributed by atoms with Crippen LogP contribution in [0.1, 0.15) is 13.3 Å². The predicted molar refractivity (Wildman–Crippen MR) is 31.1 cm³/mol. The fourth-order valence-electron chi connectivity index (χ4n) is 0.175. The van der Waals surface area contributed by atoms with Crippen LogP contribution in [-0.2, 0) is 4.79 Å². The van der Waals surface area contributed by atoms with E-state index in [1.807, 2.05) is 0 Å². The van der Waals surface area contributed by atoms with Crippen molar-refractivity contribution >= 4 is 35.5 Å². The third kappa shape index (κ3) is 4.59. The summed E-state index contributed by atoms with van der Waals surface area (Å²) in [6, 6.07) is 0. The quantitative estimate of drug-likeness (QED) is 0.478. The molecule has 0 rings (SSSR count). The van der Waals surface area contributed by atoms with E-state index in [0.717, 1.165) is 0 Å². The summed E-state index contributed by atoms with van der Waals surface area (Å²) in [5.74, 6) is -1.15. The van der Waals surface area contributed by atoms with Crippen molar-refractivity contribution in [3.8, 4) is 0 Å². The molecule has 0 aromatic carbocycles. The molecule has 0 aliphatic heterocycles. The Morgan fingerprint density at radius 1 is 1.75 bits per heavy atom. The van der Waals surface area contributed by atoms with Crippen LogP contribution in [0.15, 0.2) is 0 Å². The normalized spacial score (nSPS) is 11.8. The van der Waals surface area contributed by atoms with Gasteiger partial charge in [0.1, 0.15) is 0 Å². The second-order valence-electron chi connectivity index (χ2n) is 1.26. The molecule has 0 fully saturated rings. The average Bonchev–Trinajstić information content (AvgIpc) is 1.65. The zero-order chi connectivity index (χ0) is 5.86. The third-order valence-corrected chi connectivity index (χ3v) is 0.672. The summed E-state index contributed by atoms with van der Waals surface area (Å²) in [6.45, 7) is 1.61. The molecule has 0 saturated carbocycles. The van der Waals surface area contributed by atoms with Gasteiger partial charge in [0.05, 0.1) is 0 Å². The van der Waals surface area contributed by atoms with Gasteiger partial charge in [0.15, 0.2) is 6.10 Å². The molecule has 2 N–H and O–H groups in total. The number of aliphatic hydroxyl groups is 1. The van der Waals surface area contributed by atoms with E-state index in [0.29, 0.717) is 0 Å². The van der Waals surface area contributed by atoms with E-state index in [-0.39, 0.29) is 36.0 Å². The molecule has 0 bridgehead atoms. The Kier molecular flexibility index (Phi) is 7.83. The molecule has 0 aromatic heterocycles. The molecule has 0 saturated heterocycles. The van der Waals surface area contributed by atoms with E-state index < -0.39 is 12.1 Å². The number of carbonyl (C=O) groups is 1. The van der Waals surface area contributed by atoms with Crippen molar-refractivity contribution in [1.29, 1.82) is 0 Å². The Balaban J connectivity index is 0. The van der Waals surface area contributed by atoms with Crippen molar-refractivity contribution < 1.29 is 15.0 Å². The second kappa shape index (κ2) is 5.56. The van der Waals surface area contributed by atoms with E-state index in [1.165, 1.54) is 0 Å². The van der Waals surface area contributed by atoms with E-state index >= 15 is 0 Å². The van der Waals surface area contributed by atoms with Crippen molar-refractivity contribution in [2.45, 2.75) is 19.4 Å². The number of hydrogen-bond acceptors (Lipinski definition) is 2. The fraction of sp³-hybridized carbons (Fsp3) is 0.750. The van der Waals surface area contributed by atoms with Crippen LogP contribution in [0.5, 0.6) is 0 Å². The molecule has 0 spiro atoms. The number of hydrogen-bond donors (Lipinski definition) is 2. The van der Waals surface area contributed by atoms with E-state index in [9.17, 15) is 4.79 Å². The summed E-state index contributed by atoms with van der Waals surface area (Å²) in [6.07, 6.45) is -0.907. The molecule has 0 aliphatic carbocycles. The Labute approximate surface area is 70.0 Å². The molecule has 0 aromatic rings. The predicted octanol–water partition coefficient (Wildman–Crippen LogP) is -0.807. The van der Waals surface area contributed by atoms with Gasteiger partial charge in [0.2, 0.25) is 0 Å². The summed E-state index contributed by atoms with van der Waals surface area (Å²) in [4.78, 5) is 9.68. The number of aliphatic carboxylic acids is 1. The van der Waals surface area contributed by atoms with Gasteiger partial charge in [-0.1, -0.05) is 6.92 Å². The van der Waals surface area contributed by atoms with Gasteiger partial charge in [-0.15, -0.1) is 0 Å². The zero-order valence-corrected chi connectivity index (χ0v) is 4.09. The maximum absolute atomic E-state index is 9.68. The SMILES string of the molecule is CCC(O)C(=O)O.[NaH]. The van der Waals surface area contributed by atoms with Gasteiger partial charge in [0, 0.05) is 0 Å². The van der Waals surface area contributed by atoms with Gasteiger partial charge in [0.25, 0.3) is 0 Å². The maximum atomic E-state index is 9.68. The molecule has 44 valence electrons. The van der Waals surface area contributed by atoms with Gasteiger partial charge in [-0.05, 0) is 6.42 Å². The van der Waals surface area contributed by atoms with Crippen LogP contribution in [0, 0.1) is 0 Å². The molecule has 1 unspecified atom stereocenters. The standard InChI is InChI=1S/C4H8O3.Na.H/c1-2-3(5)4(6)7;;/h3,5H,2H2,1H3,(H,6,7);;. The fourth-order valence-corrected chi connectivity index (χ4v) is 0.175.